The maximum atomic E-state index is 12.4. The second kappa shape index (κ2) is 11.1. The SMILES string of the molecule is N=C(N)c1ccc(N2CCC(CC(=O)NCC(NS(=O)(=O)c3ccccc3)C(=O)O)CC2)cc1. The number of carboxylic acids is 1. The topological polar surface area (TPSA) is 166 Å². The molecule has 6 N–H and O–H groups in total. The van der Waals surface area contributed by atoms with Gasteiger partial charge in [-0.1, -0.05) is 18.2 Å². The van der Waals surface area contributed by atoms with Gasteiger partial charge in [-0.05, 0) is 55.2 Å². The van der Waals surface area contributed by atoms with E-state index in [9.17, 15) is 23.1 Å². The first-order chi connectivity index (χ1) is 16.2. The molecular formula is C23H29N5O5S. The molecule has 1 aliphatic heterocycles. The Kier molecular flexibility index (Phi) is 8.24. The molecule has 182 valence electrons. The highest BCUT2D eigenvalue weighted by Crippen LogP contribution is 2.25. The Morgan fingerprint density at radius 3 is 2.26 bits per heavy atom. The second-order valence-electron chi connectivity index (χ2n) is 8.22. The molecule has 0 aromatic heterocycles. The summed E-state index contributed by atoms with van der Waals surface area (Å²) >= 11 is 0. The first-order valence-electron chi connectivity index (χ1n) is 10.9. The first kappa shape index (κ1) is 25.2. The number of hydrogen-bond acceptors (Lipinski definition) is 6. The van der Waals surface area contributed by atoms with Gasteiger partial charge >= 0.3 is 5.97 Å². The number of rotatable bonds is 10. The van der Waals surface area contributed by atoms with Crippen molar-refractivity contribution in [3.8, 4) is 0 Å². The highest BCUT2D eigenvalue weighted by molar-refractivity contribution is 7.89. The van der Waals surface area contributed by atoms with Crippen molar-refractivity contribution in [2.75, 3.05) is 24.5 Å². The molecule has 11 heteroatoms. The Balaban J connectivity index is 1.47. The monoisotopic (exact) mass is 487 g/mol. The number of sulfonamides is 1. The summed E-state index contributed by atoms with van der Waals surface area (Å²) in [6, 6.07) is 13.4. The number of nitrogens with zero attached hydrogens (tertiary/aromatic N) is 1. The zero-order chi connectivity index (χ0) is 24.7. The Morgan fingerprint density at radius 1 is 1.09 bits per heavy atom. The van der Waals surface area contributed by atoms with Gasteiger partial charge in [0, 0.05) is 37.3 Å². The summed E-state index contributed by atoms with van der Waals surface area (Å²) in [6.45, 7) is 1.19. The minimum atomic E-state index is -4.03. The van der Waals surface area contributed by atoms with Crippen molar-refractivity contribution in [1.82, 2.24) is 10.0 Å². The number of amides is 1. The first-order valence-corrected chi connectivity index (χ1v) is 12.4. The van der Waals surface area contributed by atoms with Crippen LogP contribution in [0, 0.1) is 11.3 Å². The zero-order valence-corrected chi connectivity index (χ0v) is 19.4. The van der Waals surface area contributed by atoms with Crippen molar-refractivity contribution in [1.29, 1.82) is 5.41 Å². The summed E-state index contributed by atoms with van der Waals surface area (Å²) in [7, 11) is -4.03. The van der Waals surface area contributed by atoms with E-state index < -0.39 is 22.0 Å². The summed E-state index contributed by atoms with van der Waals surface area (Å²) in [5, 5.41) is 19.4. The summed E-state index contributed by atoms with van der Waals surface area (Å²) in [4.78, 5) is 26.1. The fraction of sp³-hybridized carbons (Fsp3) is 0.348. The number of nitrogens with two attached hydrogens (primary N) is 1. The third-order valence-corrected chi connectivity index (χ3v) is 7.27. The van der Waals surface area contributed by atoms with Crippen LogP contribution in [0.5, 0.6) is 0 Å². The fourth-order valence-electron chi connectivity index (χ4n) is 3.83. The highest BCUT2D eigenvalue weighted by atomic mass is 32.2. The molecule has 1 saturated heterocycles. The second-order valence-corrected chi connectivity index (χ2v) is 9.94. The van der Waals surface area contributed by atoms with E-state index in [1.165, 1.54) is 12.1 Å². The predicted octanol–water partition coefficient (Wildman–Crippen LogP) is 1.13. The van der Waals surface area contributed by atoms with E-state index in [1.54, 1.807) is 18.2 Å². The molecule has 10 nitrogen and oxygen atoms in total. The highest BCUT2D eigenvalue weighted by Gasteiger charge is 2.27. The van der Waals surface area contributed by atoms with Gasteiger partial charge < -0.3 is 21.1 Å². The normalized spacial score (nSPS) is 15.5. The van der Waals surface area contributed by atoms with Gasteiger partial charge in [-0.15, -0.1) is 0 Å². The number of amidine groups is 1. The van der Waals surface area contributed by atoms with Gasteiger partial charge in [0.15, 0.2) is 0 Å². The molecule has 0 aliphatic carbocycles. The van der Waals surface area contributed by atoms with Gasteiger partial charge in [0.2, 0.25) is 15.9 Å². The number of carbonyl (C=O) groups excluding carboxylic acids is 1. The lowest BCUT2D eigenvalue weighted by Gasteiger charge is -2.33. The summed E-state index contributed by atoms with van der Waals surface area (Å²) < 4.78 is 26.9. The zero-order valence-electron chi connectivity index (χ0n) is 18.6. The van der Waals surface area contributed by atoms with Gasteiger partial charge in [-0.3, -0.25) is 15.0 Å². The number of carbonyl (C=O) groups is 2. The molecule has 0 saturated carbocycles. The molecule has 1 amide bonds. The quantitative estimate of drug-likeness (QED) is 0.247. The van der Waals surface area contributed by atoms with Gasteiger partial charge in [-0.25, -0.2) is 8.42 Å². The number of hydrogen-bond donors (Lipinski definition) is 5. The van der Waals surface area contributed by atoms with Crippen LogP contribution in [-0.4, -0.2) is 56.9 Å². The lowest BCUT2D eigenvalue weighted by molar-refractivity contribution is -0.138. The van der Waals surface area contributed by atoms with E-state index in [4.69, 9.17) is 11.1 Å². The summed E-state index contributed by atoms with van der Waals surface area (Å²) in [6.07, 6.45) is 1.84. The van der Waals surface area contributed by atoms with Crippen LogP contribution >= 0.6 is 0 Å². The number of benzene rings is 2. The maximum Gasteiger partial charge on any atom is 0.323 e. The van der Waals surface area contributed by atoms with Crippen molar-refractivity contribution in [2.45, 2.75) is 30.2 Å². The van der Waals surface area contributed by atoms with Crippen LogP contribution in [0.1, 0.15) is 24.8 Å². The van der Waals surface area contributed by atoms with Crippen molar-refractivity contribution < 1.29 is 23.1 Å². The fourth-order valence-corrected chi connectivity index (χ4v) is 5.04. The van der Waals surface area contributed by atoms with Crippen LogP contribution in [0.2, 0.25) is 0 Å². The number of piperidine rings is 1. The van der Waals surface area contributed by atoms with Crippen LogP contribution in [0.3, 0.4) is 0 Å². The van der Waals surface area contributed by atoms with Gasteiger partial charge in [-0.2, -0.15) is 4.72 Å². The number of aliphatic carboxylic acids is 1. The third kappa shape index (κ3) is 6.78. The molecule has 34 heavy (non-hydrogen) atoms. The molecule has 0 spiro atoms. The molecular weight excluding hydrogens is 458 g/mol. The van der Waals surface area contributed by atoms with E-state index in [-0.39, 0.29) is 35.5 Å². The van der Waals surface area contributed by atoms with Gasteiger partial charge in [0.05, 0.1) is 4.90 Å². The van der Waals surface area contributed by atoms with Crippen LogP contribution in [0.4, 0.5) is 5.69 Å². The Morgan fingerprint density at radius 2 is 1.71 bits per heavy atom. The van der Waals surface area contributed by atoms with E-state index in [0.717, 1.165) is 31.6 Å². The van der Waals surface area contributed by atoms with Crippen LogP contribution in [-0.2, 0) is 19.6 Å². The van der Waals surface area contributed by atoms with E-state index >= 15 is 0 Å². The molecule has 1 unspecified atom stereocenters. The molecule has 0 radical (unpaired) electrons. The van der Waals surface area contributed by atoms with Crippen LogP contribution in [0.25, 0.3) is 0 Å². The molecule has 1 atom stereocenters. The van der Waals surface area contributed by atoms with Crippen molar-refractivity contribution >= 4 is 33.4 Å². The van der Waals surface area contributed by atoms with Gasteiger partial charge in [0.1, 0.15) is 11.9 Å². The lowest BCUT2D eigenvalue weighted by atomic mass is 9.93. The average Bonchev–Trinajstić information content (AvgIpc) is 2.82. The molecule has 3 rings (SSSR count). The van der Waals surface area contributed by atoms with Crippen molar-refractivity contribution in [2.24, 2.45) is 11.7 Å². The Hall–Kier alpha value is -3.44. The molecule has 1 fully saturated rings. The van der Waals surface area contributed by atoms with Crippen LogP contribution in [0.15, 0.2) is 59.5 Å². The van der Waals surface area contributed by atoms with Crippen LogP contribution < -0.4 is 20.7 Å². The number of anilines is 1. The molecule has 2 aromatic carbocycles. The summed E-state index contributed by atoms with van der Waals surface area (Å²) in [5.74, 6) is -1.51. The third-order valence-electron chi connectivity index (χ3n) is 5.78. The van der Waals surface area contributed by atoms with E-state index in [1.807, 2.05) is 24.3 Å². The maximum absolute atomic E-state index is 12.4. The minimum absolute atomic E-state index is 0.0225. The van der Waals surface area contributed by atoms with Crippen molar-refractivity contribution in [3.05, 3.63) is 60.2 Å². The number of nitrogen functional groups attached to an aromatic ring is 1. The standard InChI is InChI=1S/C23H29N5O5S/c24-22(25)17-6-8-18(9-7-17)28-12-10-16(11-13-28)14-21(29)26-15-20(23(30)31)27-34(32,33)19-4-2-1-3-5-19/h1-9,16,20,27H,10-15H2,(H3,24,25)(H,26,29)(H,30,31). The lowest BCUT2D eigenvalue weighted by Crippen LogP contribution is -2.48. The average molecular weight is 488 g/mol. The number of carboxylic acid groups (broad SMARTS) is 1. The predicted molar refractivity (Wildman–Crippen MR) is 128 cm³/mol. The molecule has 2 aromatic rings. The molecule has 0 bridgehead atoms. The smallest absolute Gasteiger partial charge is 0.323 e. The van der Waals surface area contributed by atoms with Gasteiger partial charge in [0.25, 0.3) is 0 Å². The minimum Gasteiger partial charge on any atom is -0.480 e. The van der Waals surface area contributed by atoms with E-state index in [0.29, 0.717) is 5.56 Å². The Labute approximate surface area is 198 Å². The summed E-state index contributed by atoms with van der Waals surface area (Å²) in [5.41, 5.74) is 7.19. The Bertz CT molecular complexity index is 1110. The molecule has 1 heterocycles. The molecule has 1 aliphatic rings. The largest absolute Gasteiger partial charge is 0.480 e. The van der Waals surface area contributed by atoms with Crippen molar-refractivity contribution in [3.63, 3.8) is 0 Å². The number of nitrogens with one attached hydrogen (secondary N) is 3. The van der Waals surface area contributed by atoms with E-state index in [2.05, 4.69) is 14.9 Å².